The first-order chi connectivity index (χ1) is 13.6. The molecule has 6 heteroatoms. The maximum atomic E-state index is 13.4. The fraction of sp³-hybridized carbons (Fsp3) is 0.636. The Morgan fingerprint density at radius 1 is 1.11 bits per heavy atom. The van der Waals surface area contributed by atoms with E-state index < -0.39 is 11.8 Å². The Morgan fingerprint density at radius 2 is 1.79 bits per heavy atom. The molecule has 3 fully saturated rings. The highest BCUT2D eigenvalue weighted by Gasteiger charge is 2.53. The first-order valence-corrected chi connectivity index (χ1v) is 10.5. The Morgan fingerprint density at radius 3 is 2.46 bits per heavy atom. The summed E-state index contributed by atoms with van der Waals surface area (Å²) in [6.45, 7) is 4.82. The molecule has 1 aliphatic carbocycles. The standard InChI is InChI=1S/C22H30N2O4/c1-17-7-9-22(10-8-17)24(20(25)15-18-5-3-2-4-6-18)19(16-28-22)21(26)23-11-13-27-14-12-23/h2-6,17,19H,7-16H2,1H3/t17?,19-,22?/m1/s1. The number of morpholine rings is 1. The largest absolute Gasteiger partial charge is 0.378 e. The lowest BCUT2D eigenvalue weighted by molar-refractivity contribution is -0.163. The van der Waals surface area contributed by atoms with Crippen LogP contribution in [-0.4, -0.2) is 66.3 Å². The van der Waals surface area contributed by atoms with Crippen LogP contribution in [0, 0.1) is 5.92 Å². The SMILES string of the molecule is CC1CCC2(CC1)OC[C@H](C(=O)N1CCOCC1)N2C(=O)Cc1ccccc1. The van der Waals surface area contributed by atoms with Crippen molar-refractivity contribution in [1.82, 2.24) is 9.80 Å². The van der Waals surface area contributed by atoms with Gasteiger partial charge in [0.05, 0.1) is 26.2 Å². The normalized spacial score (nSPS) is 30.6. The van der Waals surface area contributed by atoms with Crippen LogP contribution in [-0.2, 0) is 25.5 Å². The second-order valence-electron chi connectivity index (χ2n) is 8.32. The van der Waals surface area contributed by atoms with Crippen molar-refractivity contribution < 1.29 is 19.1 Å². The van der Waals surface area contributed by atoms with Gasteiger partial charge in [-0.15, -0.1) is 0 Å². The number of ether oxygens (including phenoxy) is 2. The topological polar surface area (TPSA) is 59.1 Å². The van der Waals surface area contributed by atoms with E-state index in [1.807, 2.05) is 40.1 Å². The van der Waals surface area contributed by atoms with E-state index in [0.29, 0.717) is 45.2 Å². The average molecular weight is 386 g/mol. The molecule has 28 heavy (non-hydrogen) atoms. The van der Waals surface area contributed by atoms with Gasteiger partial charge in [-0.3, -0.25) is 14.5 Å². The van der Waals surface area contributed by atoms with Crippen molar-refractivity contribution in [2.24, 2.45) is 5.92 Å². The van der Waals surface area contributed by atoms with Crippen LogP contribution in [0.2, 0.25) is 0 Å². The van der Waals surface area contributed by atoms with E-state index in [1.54, 1.807) is 0 Å². The third kappa shape index (κ3) is 3.80. The lowest BCUT2D eigenvalue weighted by Crippen LogP contribution is -2.58. The summed E-state index contributed by atoms with van der Waals surface area (Å²) in [5.74, 6) is 0.624. The van der Waals surface area contributed by atoms with Crippen LogP contribution in [0.3, 0.4) is 0 Å². The van der Waals surface area contributed by atoms with Gasteiger partial charge < -0.3 is 14.4 Å². The van der Waals surface area contributed by atoms with Crippen LogP contribution in [0.5, 0.6) is 0 Å². The van der Waals surface area contributed by atoms with Crippen molar-refractivity contribution in [3.8, 4) is 0 Å². The molecule has 1 atom stereocenters. The van der Waals surface area contributed by atoms with Crippen molar-refractivity contribution in [1.29, 1.82) is 0 Å². The number of carbonyl (C=O) groups is 2. The molecular formula is C22H30N2O4. The maximum Gasteiger partial charge on any atom is 0.248 e. The van der Waals surface area contributed by atoms with Gasteiger partial charge in [-0.2, -0.15) is 0 Å². The summed E-state index contributed by atoms with van der Waals surface area (Å²) < 4.78 is 11.6. The maximum absolute atomic E-state index is 13.4. The number of carbonyl (C=O) groups excluding carboxylic acids is 2. The van der Waals surface area contributed by atoms with Crippen molar-refractivity contribution >= 4 is 11.8 Å². The smallest absolute Gasteiger partial charge is 0.248 e. The molecule has 2 saturated heterocycles. The molecule has 0 aromatic heterocycles. The number of rotatable bonds is 3. The van der Waals surface area contributed by atoms with E-state index in [9.17, 15) is 9.59 Å². The van der Waals surface area contributed by atoms with Crippen molar-refractivity contribution in [2.75, 3.05) is 32.9 Å². The van der Waals surface area contributed by atoms with Crippen molar-refractivity contribution in [3.63, 3.8) is 0 Å². The van der Waals surface area contributed by atoms with Crippen molar-refractivity contribution in [3.05, 3.63) is 35.9 Å². The lowest BCUT2D eigenvalue weighted by atomic mass is 9.83. The van der Waals surface area contributed by atoms with Crippen LogP contribution in [0.25, 0.3) is 0 Å². The molecule has 2 aliphatic heterocycles. The minimum atomic E-state index is -0.620. The van der Waals surface area contributed by atoms with E-state index in [0.717, 1.165) is 31.2 Å². The third-order valence-corrected chi connectivity index (χ3v) is 6.39. The predicted octanol–water partition coefficient (Wildman–Crippen LogP) is 2.22. The fourth-order valence-electron chi connectivity index (χ4n) is 4.69. The molecule has 2 heterocycles. The molecule has 0 bridgehead atoms. The van der Waals surface area contributed by atoms with E-state index in [4.69, 9.17) is 9.47 Å². The minimum Gasteiger partial charge on any atom is -0.378 e. The molecule has 2 amide bonds. The van der Waals surface area contributed by atoms with Gasteiger partial charge in [0.25, 0.3) is 0 Å². The highest BCUT2D eigenvalue weighted by atomic mass is 16.5. The molecule has 0 N–H and O–H groups in total. The quantitative estimate of drug-likeness (QED) is 0.799. The average Bonchev–Trinajstić information content (AvgIpc) is 3.10. The minimum absolute atomic E-state index is 0.000193. The van der Waals surface area contributed by atoms with E-state index >= 15 is 0 Å². The zero-order valence-electron chi connectivity index (χ0n) is 16.6. The summed E-state index contributed by atoms with van der Waals surface area (Å²) in [6, 6.07) is 9.23. The Hall–Kier alpha value is -1.92. The van der Waals surface area contributed by atoms with Crippen molar-refractivity contribution in [2.45, 2.75) is 50.8 Å². The zero-order chi connectivity index (χ0) is 19.6. The van der Waals surface area contributed by atoms with E-state index in [2.05, 4.69) is 6.92 Å². The number of hydrogen-bond donors (Lipinski definition) is 0. The fourth-order valence-corrected chi connectivity index (χ4v) is 4.69. The summed E-state index contributed by atoms with van der Waals surface area (Å²) in [5.41, 5.74) is 0.349. The molecule has 1 aromatic rings. The summed E-state index contributed by atoms with van der Waals surface area (Å²) in [4.78, 5) is 30.3. The molecule has 6 nitrogen and oxygen atoms in total. The van der Waals surface area contributed by atoms with E-state index in [1.165, 1.54) is 0 Å². The molecule has 1 saturated carbocycles. The highest BCUT2D eigenvalue weighted by molar-refractivity contribution is 5.89. The lowest BCUT2D eigenvalue weighted by Gasteiger charge is -2.43. The molecule has 0 unspecified atom stereocenters. The first kappa shape index (κ1) is 19.4. The van der Waals surface area contributed by atoms with Gasteiger partial charge >= 0.3 is 0 Å². The first-order valence-electron chi connectivity index (χ1n) is 10.5. The van der Waals surface area contributed by atoms with Crippen LogP contribution >= 0.6 is 0 Å². The zero-order valence-corrected chi connectivity index (χ0v) is 16.6. The van der Waals surface area contributed by atoms with Gasteiger partial charge in [0.2, 0.25) is 11.8 Å². The van der Waals surface area contributed by atoms with Crippen LogP contribution in [0.15, 0.2) is 30.3 Å². The Balaban J connectivity index is 1.58. The number of nitrogens with zero attached hydrogens (tertiary/aromatic N) is 2. The molecule has 4 rings (SSSR count). The van der Waals surface area contributed by atoms with Crippen LogP contribution < -0.4 is 0 Å². The van der Waals surface area contributed by atoms with Gasteiger partial charge in [-0.1, -0.05) is 37.3 Å². The Kier molecular flexibility index (Phi) is 5.69. The monoisotopic (exact) mass is 386 g/mol. The molecule has 1 aromatic carbocycles. The molecular weight excluding hydrogens is 356 g/mol. The van der Waals surface area contributed by atoms with Crippen LogP contribution in [0.1, 0.15) is 38.2 Å². The summed E-state index contributed by atoms with van der Waals surface area (Å²) in [5, 5.41) is 0. The molecule has 0 radical (unpaired) electrons. The summed E-state index contributed by atoms with van der Waals surface area (Å²) >= 11 is 0. The highest BCUT2D eigenvalue weighted by Crippen LogP contribution is 2.43. The number of benzene rings is 1. The van der Waals surface area contributed by atoms with Gasteiger partial charge in [0.1, 0.15) is 11.8 Å². The third-order valence-electron chi connectivity index (χ3n) is 6.39. The summed E-state index contributed by atoms with van der Waals surface area (Å²) in [7, 11) is 0. The van der Waals surface area contributed by atoms with Gasteiger partial charge in [-0.25, -0.2) is 0 Å². The molecule has 1 spiro atoms. The Bertz CT molecular complexity index is 694. The van der Waals surface area contributed by atoms with Crippen LogP contribution in [0.4, 0.5) is 0 Å². The summed E-state index contributed by atoms with van der Waals surface area (Å²) in [6.07, 6.45) is 3.96. The van der Waals surface area contributed by atoms with Gasteiger partial charge in [0, 0.05) is 13.1 Å². The van der Waals surface area contributed by atoms with E-state index in [-0.39, 0.29) is 11.8 Å². The molecule has 152 valence electrons. The van der Waals surface area contributed by atoms with Gasteiger partial charge in [-0.05, 0) is 37.2 Å². The van der Waals surface area contributed by atoms with Gasteiger partial charge in [0.15, 0.2) is 0 Å². The molecule has 3 aliphatic rings. The Labute approximate surface area is 166 Å². The number of hydrogen-bond acceptors (Lipinski definition) is 4. The second-order valence-corrected chi connectivity index (χ2v) is 8.32. The number of amides is 2. The predicted molar refractivity (Wildman–Crippen MR) is 104 cm³/mol. The second kappa shape index (κ2) is 8.21.